The van der Waals surface area contributed by atoms with E-state index in [9.17, 15) is 9.59 Å². The molecule has 0 aromatic heterocycles. The van der Waals surface area contributed by atoms with Crippen molar-refractivity contribution in [3.63, 3.8) is 0 Å². The van der Waals surface area contributed by atoms with E-state index < -0.39 is 0 Å². The molecule has 1 aliphatic rings. The third-order valence-electron chi connectivity index (χ3n) is 4.33. The smallest absolute Gasteiger partial charge is 0.243 e. The van der Waals surface area contributed by atoms with Crippen molar-refractivity contribution < 1.29 is 19.1 Å². The summed E-state index contributed by atoms with van der Waals surface area (Å²) in [6.45, 7) is 5.35. The van der Waals surface area contributed by atoms with Crippen LogP contribution in [0.4, 0.5) is 5.69 Å². The number of carbonyl (C=O) groups excluding carboxylic acids is 2. The molecule has 1 heterocycles. The van der Waals surface area contributed by atoms with Gasteiger partial charge >= 0.3 is 0 Å². The van der Waals surface area contributed by atoms with E-state index in [1.165, 1.54) is 0 Å². The SMILES string of the molecule is CCN(CC(=O)Nc1ccc2c(c1)OCCO2)C(=O)Cc1cccc(C)c1. The summed E-state index contributed by atoms with van der Waals surface area (Å²) in [7, 11) is 0. The van der Waals surface area contributed by atoms with Gasteiger partial charge in [0.05, 0.1) is 13.0 Å². The minimum Gasteiger partial charge on any atom is -0.486 e. The predicted molar refractivity (Wildman–Crippen MR) is 103 cm³/mol. The van der Waals surface area contributed by atoms with Crippen molar-refractivity contribution in [1.29, 1.82) is 0 Å². The highest BCUT2D eigenvalue weighted by atomic mass is 16.6. The van der Waals surface area contributed by atoms with Crippen molar-refractivity contribution in [2.45, 2.75) is 20.3 Å². The molecule has 0 fully saturated rings. The summed E-state index contributed by atoms with van der Waals surface area (Å²) < 4.78 is 11.0. The van der Waals surface area contributed by atoms with E-state index >= 15 is 0 Å². The highest BCUT2D eigenvalue weighted by Crippen LogP contribution is 2.32. The molecule has 142 valence electrons. The van der Waals surface area contributed by atoms with Crippen LogP contribution < -0.4 is 14.8 Å². The number of nitrogens with one attached hydrogen (secondary N) is 1. The number of likely N-dealkylation sites (N-methyl/N-ethyl adjacent to an activating group) is 1. The molecule has 2 amide bonds. The Morgan fingerprint density at radius 2 is 1.85 bits per heavy atom. The van der Waals surface area contributed by atoms with E-state index in [2.05, 4.69) is 5.32 Å². The van der Waals surface area contributed by atoms with Crippen LogP contribution >= 0.6 is 0 Å². The zero-order valence-corrected chi connectivity index (χ0v) is 15.7. The lowest BCUT2D eigenvalue weighted by molar-refractivity contribution is -0.133. The largest absolute Gasteiger partial charge is 0.486 e. The molecule has 6 nitrogen and oxygen atoms in total. The number of amides is 2. The van der Waals surface area contributed by atoms with Crippen LogP contribution in [0, 0.1) is 6.92 Å². The number of ether oxygens (including phenoxy) is 2. The average molecular weight is 368 g/mol. The number of hydrogen-bond donors (Lipinski definition) is 1. The maximum atomic E-state index is 12.5. The normalized spacial score (nSPS) is 12.4. The summed E-state index contributed by atoms with van der Waals surface area (Å²) >= 11 is 0. The minimum absolute atomic E-state index is 0.00951. The van der Waals surface area contributed by atoms with Gasteiger partial charge < -0.3 is 19.7 Å². The van der Waals surface area contributed by atoms with E-state index in [0.717, 1.165) is 11.1 Å². The van der Waals surface area contributed by atoms with E-state index in [1.807, 2.05) is 38.1 Å². The second kappa shape index (κ2) is 8.58. The summed E-state index contributed by atoms with van der Waals surface area (Å²) in [6.07, 6.45) is 0.285. The van der Waals surface area contributed by atoms with Gasteiger partial charge in [-0.2, -0.15) is 0 Å². The van der Waals surface area contributed by atoms with Gasteiger partial charge in [-0.15, -0.1) is 0 Å². The van der Waals surface area contributed by atoms with Crippen LogP contribution in [-0.4, -0.2) is 43.0 Å². The van der Waals surface area contributed by atoms with Crippen LogP contribution in [0.1, 0.15) is 18.1 Å². The van der Waals surface area contributed by atoms with Crippen LogP contribution in [0.15, 0.2) is 42.5 Å². The maximum Gasteiger partial charge on any atom is 0.243 e. The molecule has 0 saturated carbocycles. The summed E-state index contributed by atoms with van der Waals surface area (Å²) in [4.78, 5) is 26.5. The molecular formula is C21H24N2O4. The van der Waals surface area contributed by atoms with Crippen LogP contribution in [0.25, 0.3) is 0 Å². The number of rotatable bonds is 6. The number of aryl methyl sites for hydroxylation is 1. The van der Waals surface area contributed by atoms with Crippen molar-refractivity contribution >= 4 is 17.5 Å². The predicted octanol–water partition coefficient (Wildman–Crippen LogP) is 2.80. The first kappa shape index (κ1) is 18.8. The van der Waals surface area contributed by atoms with Gasteiger partial charge in [-0.25, -0.2) is 0 Å². The second-order valence-corrected chi connectivity index (χ2v) is 6.48. The summed E-state index contributed by atoms with van der Waals surface area (Å²) in [6, 6.07) is 13.1. The molecule has 2 aromatic carbocycles. The lowest BCUT2D eigenvalue weighted by Crippen LogP contribution is -2.38. The minimum atomic E-state index is -0.244. The summed E-state index contributed by atoms with van der Waals surface area (Å²) in [5, 5.41) is 2.82. The highest BCUT2D eigenvalue weighted by molar-refractivity contribution is 5.95. The molecule has 1 N–H and O–H groups in total. The number of carbonyl (C=O) groups is 2. The molecule has 3 rings (SSSR count). The monoisotopic (exact) mass is 368 g/mol. The van der Waals surface area contributed by atoms with Crippen LogP contribution in [-0.2, 0) is 16.0 Å². The Labute approximate surface area is 159 Å². The third-order valence-corrected chi connectivity index (χ3v) is 4.33. The van der Waals surface area contributed by atoms with E-state index in [0.29, 0.717) is 36.9 Å². The van der Waals surface area contributed by atoms with Crippen molar-refractivity contribution in [3.05, 3.63) is 53.6 Å². The molecule has 0 bridgehead atoms. The first-order valence-corrected chi connectivity index (χ1v) is 9.08. The fourth-order valence-electron chi connectivity index (χ4n) is 2.98. The van der Waals surface area contributed by atoms with Gasteiger partial charge in [0.15, 0.2) is 11.5 Å². The van der Waals surface area contributed by atoms with Gasteiger partial charge in [-0.3, -0.25) is 9.59 Å². The Hall–Kier alpha value is -3.02. The van der Waals surface area contributed by atoms with Gasteiger partial charge in [0.25, 0.3) is 0 Å². The standard InChI is InChI=1S/C21H24N2O4/c1-3-23(21(25)12-16-6-4-5-15(2)11-16)14-20(24)22-17-7-8-18-19(13-17)27-10-9-26-18/h4-8,11,13H,3,9-10,12,14H2,1-2H3,(H,22,24). The van der Waals surface area contributed by atoms with Crippen molar-refractivity contribution in [3.8, 4) is 11.5 Å². The van der Waals surface area contributed by atoms with Gasteiger partial charge in [0.1, 0.15) is 13.2 Å². The Kier molecular flexibility index (Phi) is 5.96. The molecule has 0 saturated heterocycles. The number of nitrogens with zero attached hydrogens (tertiary/aromatic N) is 1. The van der Waals surface area contributed by atoms with Crippen molar-refractivity contribution in [2.75, 3.05) is 31.6 Å². The molecule has 0 unspecified atom stereocenters. The lowest BCUT2D eigenvalue weighted by Gasteiger charge is -2.21. The maximum absolute atomic E-state index is 12.5. The molecule has 0 atom stereocenters. The fourth-order valence-corrected chi connectivity index (χ4v) is 2.98. The number of hydrogen-bond acceptors (Lipinski definition) is 4. The first-order chi connectivity index (χ1) is 13.0. The molecule has 0 spiro atoms. The molecule has 6 heteroatoms. The topological polar surface area (TPSA) is 67.9 Å². The Morgan fingerprint density at radius 1 is 1.07 bits per heavy atom. The molecule has 2 aromatic rings. The second-order valence-electron chi connectivity index (χ2n) is 6.48. The number of fused-ring (bicyclic) bond motifs is 1. The Balaban J connectivity index is 1.58. The summed E-state index contributed by atoms with van der Waals surface area (Å²) in [5.41, 5.74) is 2.68. The number of anilines is 1. The molecule has 0 aliphatic carbocycles. The fraction of sp³-hybridized carbons (Fsp3) is 0.333. The number of benzene rings is 2. The summed E-state index contributed by atoms with van der Waals surface area (Å²) in [5.74, 6) is 0.969. The molecule has 27 heavy (non-hydrogen) atoms. The Bertz CT molecular complexity index is 835. The van der Waals surface area contributed by atoms with Crippen LogP contribution in [0.2, 0.25) is 0 Å². The highest BCUT2D eigenvalue weighted by Gasteiger charge is 2.17. The van der Waals surface area contributed by atoms with Crippen molar-refractivity contribution in [2.24, 2.45) is 0 Å². The quantitative estimate of drug-likeness (QED) is 0.851. The van der Waals surface area contributed by atoms with E-state index in [1.54, 1.807) is 23.1 Å². The van der Waals surface area contributed by atoms with E-state index in [-0.39, 0.29) is 24.8 Å². The zero-order valence-electron chi connectivity index (χ0n) is 15.7. The van der Waals surface area contributed by atoms with Gasteiger partial charge in [-0.1, -0.05) is 29.8 Å². The van der Waals surface area contributed by atoms with Crippen LogP contribution in [0.3, 0.4) is 0 Å². The van der Waals surface area contributed by atoms with Crippen molar-refractivity contribution in [1.82, 2.24) is 4.90 Å². The zero-order chi connectivity index (χ0) is 19.2. The van der Waals surface area contributed by atoms with E-state index in [4.69, 9.17) is 9.47 Å². The molecule has 0 radical (unpaired) electrons. The first-order valence-electron chi connectivity index (χ1n) is 9.08. The van der Waals surface area contributed by atoms with Crippen LogP contribution in [0.5, 0.6) is 11.5 Å². The van der Waals surface area contributed by atoms with Gasteiger partial charge in [-0.05, 0) is 31.5 Å². The lowest BCUT2D eigenvalue weighted by atomic mass is 10.1. The van der Waals surface area contributed by atoms with Gasteiger partial charge in [0.2, 0.25) is 11.8 Å². The average Bonchev–Trinajstić information content (AvgIpc) is 2.66. The third kappa shape index (κ3) is 5.00. The molecular weight excluding hydrogens is 344 g/mol. The van der Waals surface area contributed by atoms with Gasteiger partial charge in [0, 0.05) is 18.3 Å². The molecule has 1 aliphatic heterocycles. The Morgan fingerprint density at radius 3 is 2.59 bits per heavy atom.